The van der Waals surface area contributed by atoms with Gasteiger partial charge in [-0.25, -0.2) is 4.39 Å². The zero-order valence-corrected chi connectivity index (χ0v) is 11.1. The van der Waals surface area contributed by atoms with Crippen LogP contribution in [0.3, 0.4) is 0 Å². The van der Waals surface area contributed by atoms with E-state index in [-0.39, 0.29) is 16.5 Å². The second-order valence-electron chi connectivity index (χ2n) is 3.60. The molecule has 5 heteroatoms. The third-order valence-electron chi connectivity index (χ3n) is 2.06. The molecule has 0 heterocycles. The molecule has 0 radical (unpaired) electrons. The van der Waals surface area contributed by atoms with Crippen molar-refractivity contribution in [3.8, 4) is 0 Å². The van der Waals surface area contributed by atoms with Gasteiger partial charge in [0.1, 0.15) is 5.82 Å². The number of halogens is 3. The molecule has 1 N–H and O–H groups in total. The highest BCUT2D eigenvalue weighted by molar-refractivity contribution is 9.09. The summed E-state index contributed by atoms with van der Waals surface area (Å²) in [4.78, 5) is 11.6. The molecule has 0 aliphatic heterocycles. The van der Waals surface area contributed by atoms with Gasteiger partial charge >= 0.3 is 0 Å². The van der Waals surface area contributed by atoms with Crippen LogP contribution in [-0.2, 0) is 0 Å². The zero-order chi connectivity index (χ0) is 12.1. The highest BCUT2D eigenvalue weighted by Crippen LogP contribution is 2.15. The standard InChI is InChI=1S/C11H12BrClFNO/c1-7(5-12)6-15-11(16)8-2-3-9(13)10(14)4-8/h2-4,7H,5-6H2,1H3,(H,15,16). The Morgan fingerprint density at radius 1 is 1.62 bits per heavy atom. The Labute approximate surface area is 107 Å². The van der Waals surface area contributed by atoms with E-state index in [2.05, 4.69) is 21.2 Å². The predicted molar refractivity (Wildman–Crippen MR) is 66.7 cm³/mol. The fourth-order valence-corrected chi connectivity index (χ4v) is 1.41. The largest absolute Gasteiger partial charge is 0.352 e. The first-order valence-corrected chi connectivity index (χ1v) is 6.33. The summed E-state index contributed by atoms with van der Waals surface area (Å²) in [6.45, 7) is 2.55. The van der Waals surface area contributed by atoms with Crippen molar-refractivity contribution in [1.29, 1.82) is 0 Å². The highest BCUT2D eigenvalue weighted by Gasteiger charge is 2.09. The summed E-state index contributed by atoms with van der Waals surface area (Å²) in [5.41, 5.74) is 0.281. The number of hydrogen-bond donors (Lipinski definition) is 1. The molecule has 0 bridgehead atoms. The van der Waals surface area contributed by atoms with Crippen LogP contribution in [0, 0.1) is 11.7 Å². The minimum atomic E-state index is -0.581. The number of carbonyl (C=O) groups excluding carboxylic acids is 1. The van der Waals surface area contributed by atoms with Crippen LogP contribution in [0.5, 0.6) is 0 Å². The molecular weight excluding hydrogens is 296 g/mol. The summed E-state index contributed by atoms with van der Waals surface area (Å²) >= 11 is 8.84. The van der Waals surface area contributed by atoms with Gasteiger partial charge in [0.15, 0.2) is 0 Å². The van der Waals surface area contributed by atoms with Crippen molar-refractivity contribution in [3.63, 3.8) is 0 Å². The van der Waals surface area contributed by atoms with Crippen LogP contribution in [0.2, 0.25) is 5.02 Å². The lowest BCUT2D eigenvalue weighted by Gasteiger charge is -2.09. The molecule has 0 aromatic heterocycles. The predicted octanol–water partition coefficient (Wildman–Crippen LogP) is 3.24. The van der Waals surface area contributed by atoms with Gasteiger partial charge in [0.2, 0.25) is 0 Å². The molecule has 88 valence electrons. The first kappa shape index (κ1) is 13.5. The third kappa shape index (κ3) is 3.76. The van der Waals surface area contributed by atoms with E-state index in [0.29, 0.717) is 12.5 Å². The van der Waals surface area contributed by atoms with E-state index < -0.39 is 5.82 Å². The van der Waals surface area contributed by atoms with E-state index in [9.17, 15) is 9.18 Å². The van der Waals surface area contributed by atoms with Crippen molar-refractivity contribution in [2.45, 2.75) is 6.92 Å². The maximum absolute atomic E-state index is 13.1. The fourth-order valence-electron chi connectivity index (χ4n) is 1.06. The molecular formula is C11H12BrClFNO. The summed E-state index contributed by atoms with van der Waals surface area (Å²) in [5, 5.41) is 3.54. The maximum atomic E-state index is 13.1. The van der Waals surface area contributed by atoms with E-state index in [0.717, 1.165) is 11.4 Å². The summed E-state index contributed by atoms with van der Waals surface area (Å²) in [5.74, 6) is -0.535. The highest BCUT2D eigenvalue weighted by atomic mass is 79.9. The van der Waals surface area contributed by atoms with Crippen LogP contribution < -0.4 is 5.32 Å². The minimum Gasteiger partial charge on any atom is -0.352 e. The van der Waals surface area contributed by atoms with Crippen molar-refractivity contribution in [2.75, 3.05) is 11.9 Å². The van der Waals surface area contributed by atoms with Gasteiger partial charge in [-0.3, -0.25) is 4.79 Å². The normalized spacial score (nSPS) is 12.2. The van der Waals surface area contributed by atoms with Gasteiger partial charge in [-0.1, -0.05) is 34.5 Å². The Morgan fingerprint density at radius 3 is 2.88 bits per heavy atom. The first-order chi connectivity index (χ1) is 7.54. The first-order valence-electron chi connectivity index (χ1n) is 4.83. The van der Waals surface area contributed by atoms with Crippen LogP contribution in [0.4, 0.5) is 4.39 Å². The molecule has 1 aromatic rings. The maximum Gasteiger partial charge on any atom is 0.251 e. The molecule has 0 aliphatic carbocycles. The van der Waals surface area contributed by atoms with Crippen LogP contribution in [0.25, 0.3) is 0 Å². The van der Waals surface area contributed by atoms with Crippen LogP contribution in [0.15, 0.2) is 18.2 Å². The van der Waals surface area contributed by atoms with E-state index in [1.165, 1.54) is 12.1 Å². The Hall–Kier alpha value is -0.610. The lowest BCUT2D eigenvalue weighted by molar-refractivity contribution is 0.0949. The molecule has 1 amide bonds. The molecule has 1 rings (SSSR count). The van der Waals surface area contributed by atoms with Crippen molar-refractivity contribution >= 4 is 33.4 Å². The summed E-state index contributed by atoms with van der Waals surface area (Å²) < 4.78 is 13.1. The van der Waals surface area contributed by atoms with Crippen molar-refractivity contribution in [1.82, 2.24) is 5.32 Å². The van der Waals surface area contributed by atoms with E-state index in [1.807, 2.05) is 6.92 Å². The van der Waals surface area contributed by atoms with Gasteiger partial charge in [-0.2, -0.15) is 0 Å². The number of benzene rings is 1. The molecule has 16 heavy (non-hydrogen) atoms. The monoisotopic (exact) mass is 307 g/mol. The SMILES string of the molecule is CC(CBr)CNC(=O)c1ccc(Cl)c(F)c1. The molecule has 0 saturated carbocycles. The number of alkyl halides is 1. The number of carbonyl (C=O) groups is 1. The molecule has 1 atom stereocenters. The second-order valence-corrected chi connectivity index (χ2v) is 4.65. The molecule has 0 fully saturated rings. The Bertz CT molecular complexity index is 386. The van der Waals surface area contributed by atoms with Gasteiger partial charge < -0.3 is 5.32 Å². The lowest BCUT2D eigenvalue weighted by Crippen LogP contribution is -2.28. The molecule has 0 spiro atoms. The second kappa shape index (κ2) is 6.21. The van der Waals surface area contributed by atoms with Crippen LogP contribution in [-0.4, -0.2) is 17.8 Å². The van der Waals surface area contributed by atoms with Crippen molar-refractivity contribution in [3.05, 3.63) is 34.6 Å². The lowest BCUT2D eigenvalue weighted by atomic mass is 10.2. The Balaban J connectivity index is 2.63. The van der Waals surface area contributed by atoms with E-state index >= 15 is 0 Å². The van der Waals surface area contributed by atoms with E-state index in [1.54, 1.807) is 0 Å². The molecule has 1 unspecified atom stereocenters. The smallest absolute Gasteiger partial charge is 0.251 e. The quantitative estimate of drug-likeness (QED) is 0.850. The molecule has 1 aromatic carbocycles. The van der Waals surface area contributed by atoms with Gasteiger partial charge in [-0.15, -0.1) is 0 Å². The van der Waals surface area contributed by atoms with Crippen LogP contribution in [0.1, 0.15) is 17.3 Å². The van der Waals surface area contributed by atoms with Crippen LogP contribution >= 0.6 is 27.5 Å². The Morgan fingerprint density at radius 2 is 2.31 bits per heavy atom. The number of amides is 1. The zero-order valence-electron chi connectivity index (χ0n) is 8.77. The van der Waals surface area contributed by atoms with Gasteiger partial charge in [0.25, 0.3) is 5.91 Å². The summed E-state index contributed by atoms with van der Waals surface area (Å²) in [7, 11) is 0. The molecule has 2 nitrogen and oxygen atoms in total. The number of rotatable bonds is 4. The molecule has 0 aliphatic rings. The summed E-state index contributed by atoms with van der Waals surface area (Å²) in [6.07, 6.45) is 0. The van der Waals surface area contributed by atoms with Crippen molar-refractivity contribution < 1.29 is 9.18 Å². The van der Waals surface area contributed by atoms with E-state index in [4.69, 9.17) is 11.6 Å². The Kier molecular flexibility index (Phi) is 5.22. The third-order valence-corrected chi connectivity index (χ3v) is 3.47. The summed E-state index contributed by atoms with van der Waals surface area (Å²) in [6, 6.07) is 4.01. The number of nitrogens with one attached hydrogen (secondary N) is 1. The fraction of sp³-hybridized carbons (Fsp3) is 0.364. The van der Waals surface area contributed by atoms with Gasteiger partial charge in [-0.05, 0) is 24.1 Å². The number of hydrogen-bond acceptors (Lipinski definition) is 1. The molecule has 0 saturated heterocycles. The van der Waals surface area contributed by atoms with Gasteiger partial charge in [0, 0.05) is 17.4 Å². The minimum absolute atomic E-state index is 0.0189. The van der Waals surface area contributed by atoms with Gasteiger partial charge in [0.05, 0.1) is 5.02 Å². The average Bonchev–Trinajstić information content (AvgIpc) is 2.29. The topological polar surface area (TPSA) is 29.1 Å². The van der Waals surface area contributed by atoms with Crippen molar-refractivity contribution in [2.24, 2.45) is 5.92 Å². The average molecular weight is 309 g/mol.